The van der Waals surface area contributed by atoms with Crippen molar-refractivity contribution in [3.63, 3.8) is 0 Å². The van der Waals surface area contributed by atoms with E-state index >= 15 is 0 Å². The Labute approximate surface area is 186 Å². The van der Waals surface area contributed by atoms with Gasteiger partial charge in [-0.3, -0.25) is 4.79 Å². The van der Waals surface area contributed by atoms with Gasteiger partial charge >= 0.3 is 0 Å². The van der Waals surface area contributed by atoms with E-state index in [2.05, 4.69) is 10.6 Å². The van der Waals surface area contributed by atoms with E-state index in [1.54, 1.807) is 32.4 Å². The molecule has 0 aliphatic carbocycles. The van der Waals surface area contributed by atoms with Crippen LogP contribution in [0.25, 0.3) is 0 Å². The molecule has 0 saturated heterocycles. The van der Waals surface area contributed by atoms with E-state index in [0.29, 0.717) is 28.7 Å². The van der Waals surface area contributed by atoms with Crippen LogP contribution in [0.4, 0.5) is 10.1 Å². The number of hydrogen-bond acceptors (Lipinski definition) is 5. The highest BCUT2D eigenvalue weighted by atomic mass is 19.1. The maximum atomic E-state index is 13.6. The molecule has 32 heavy (non-hydrogen) atoms. The molecule has 3 aromatic carbocycles. The molecule has 1 aliphatic heterocycles. The predicted molar refractivity (Wildman–Crippen MR) is 120 cm³/mol. The summed E-state index contributed by atoms with van der Waals surface area (Å²) in [7, 11) is 3.15. The van der Waals surface area contributed by atoms with Crippen LogP contribution >= 0.6 is 0 Å². The summed E-state index contributed by atoms with van der Waals surface area (Å²) in [6.45, 7) is 0.747. The SMILES string of the molecule is COc1cccc(NC(=O)CC2NCCc3cc(OC)c(Oc4cccc(F)c4)cc32)c1. The minimum atomic E-state index is -0.381. The van der Waals surface area contributed by atoms with Gasteiger partial charge in [-0.25, -0.2) is 4.39 Å². The molecule has 0 saturated carbocycles. The van der Waals surface area contributed by atoms with Gasteiger partial charge in [-0.05, 0) is 60.5 Å². The van der Waals surface area contributed by atoms with Crippen molar-refractivity contribution in [3.05, 3.63) is 77.6 Å². The zero-order chi connectivity index (χ0) is 22.5. The summed E-state index contributed by atoms with van der Waals surface area (Å²) in [6.07, 6.45) is 1.05. The van der Waals surface area contributed by atoms with Crippen molar-refractivity contribution in [3.8, 4) is 23.0 Å². The maximum absolute atomic E-state index is 13.6. The van der Waals surface area contributed by atoms with Crippen LogP contribution in [0.1, 0.15) is 23.6 Å². The second kappa shape index (κ2) is 9.70. The van der Waals surface area contributed by atoms with E-state index in [1.807, 2.05) is 30.3 Å². The molecule has 0 fully saturated rings. The Morgan fingerprint density at radius 3 is 2.62 bits per heavy atom. The molecule has 1 aliphatic rings. The van der Waals surface area contributed by atoms with Crippen LogP contribution in [0.2, 0.25) is 0 Å². The highest BCUT2D eigenvalue weighted by Gasteiger charge is 2.25. The Kier molecular flexibility index (Phi) is 6.56. The van der Waals surface area contributed by atoms with E-state index in [4.69, 9.17) is 14.2 Å². The third kappa shape index (κ3) is 5.00. The molecule has 1 amide bonds. The first-order chi connectivity index (χ1) is 15.6. The van der Waals surface area contributed by atoms with Gasteiger partial charge in [0.05, 0.1) is 14.2 Å². The third-order valence-corrected chi connectivity index (χ3v) is 5.35. The van der Waals surface area contributed by atoms with Gasteiger partial charge in [-0.15, -0.1) is 0 Å². The summed E-state index contributed by atoms with van der Waals surface area (Å²) in [5, 5.41) is 6.33. The molecular formula is C25H25FN2O4. The summed E-state index contributed by atoms with van der Waals surface area (Å²) < 4.78 is 30.2. The fourth-order valence-corrected chi connectivity index (χ4v) is 3.83. The van der Waals surface area contributed by atoms with Crippen LogP contribution in [0.3, 0.4) is 0 Å². The summed E-state index contributed by atoms with van der Waals surface area (Å²) in [5.74, 6) is 1.59. The second-order valence-corrected chi connectivity index (χ2v) is 7.50. The van der Waals surface area contributed by atoms with Gasteiger partial charge in [0.15, 0.2) is 11.5 Å². The Hall–Kier alpha value is -3.58. The number of hydrogen-bond donors (Lipinski definition) is 2. The molecule has 2 N–H and O–H groups in total. The number of methoxy groups -OCH3 is 2. The molecule has 0 spiro atoms. The Balaban J connectivity index is 1.55. The van der Waals surface area contributed by atoms with Crippen LogP contribution in [0, 0.1) is 5.82 Å². The van der Waals surface area contributed by atoms with Crippen molar-refractivity contribution in [2.75, 3.05) is 26.1 Å². The van der Waals surface area contributed by atoms with Crippen LogP contribution in [-0.2, 0) is 11.2 Å². The normalized spacial score (nSPS) is 14.9. The summed E-state index contributed by atoms with van der Waals surface area (Å²) in [4.78, 5) is 12.7. The van der Waals surface area contributed by atoms with Crippen LogP contribution in [0.5, 0.6) is 23.0 Å². The molecule has 3 aromatic rings. The lowest BCUT2D eigenvalue weighted by Gasteiger charge is -2.28. The van der Waals surface area contributed by atoms with Gasteiger partial charge in [0.1, 0.15) is 17.3 Å². The average Bonchev–Trinajstić information content (AvgIpc) is 2.79. The fourth-order valence-electron chi connectivity index (χ4n) is 3.83. The van der Waals surface area contributed by atoms with Gasteiger partial charge < -0.3 is 24.8 Å². The van der Waals surface area contributed by atoms with E-state index in [9.17, 15) is 9.18 Å². The second-order valence-electron chi connectivity index (χ2n) is 7.50. The number of anilines is 1. The quantitative estimate of drug-likeness (QED) is 0.554. The molecule has 0 bridgehead atoms. The largest absolute Gasteiger partial charge is 0.497 e. The number of nitrogens with one attached hydrogen (secondary N) is 2. The van der Waals surface area contributed by atoms with E-state index < -0.39 is 0 Å². The zero-order valence-electron chi connectivity index (χ0n) is 18.0. The number of fused-ring (bicyclic) bond motifs is 1. The number of carbonyl (C=O) groups excluding carboxylic acids is 1. The number of carbonyl (C=O) groups is 1. The molecule has 0 aromatic heterocycles. The topological polar surface area (TPSA) is 68.8 Å². The lowest BCUT2D eigenvalue weighted by molar-refractivity contribution is -0.116. The van der Waals surface area contributed by atoms with Gasteiger partial charge in [0, 0.05) is 30.3 Å². The zero-order valence-corrected chi connectivity index (χ0v) is 18.0. The van der Waals surface area contributed by atoms with Crippen molar-refractivity contribution in [2.24, 2.45) is 0 Å². The molecule has 7 heteroatoms. The smallest absolute Gasteiger partial charge is 0.226 e. The fraction of sp³-hybridized carbons (Fsp3) is 0.240. The molecule has 1 heterocycles. The average molecular weight is 436 g/mol. The minimum absolute atomic E-state index is 0.119. The minimum Gasteiger partial charge on any atom is -0.497 e. The van der Waals surface area contributed by atoms with Crippen molar-refractivity contribution < 1.29 is 23.4 Å². The van der Waals surface area contributed by atoms with E-state index in [-0.39, 0.29) is 24.2 Å². The molecular weight excluding hydrogens is 411 g/mol. The lowest BCUT2D eigenvalue weighted by Crippen LogP contribution is -2.32. The van der Waals surface area contributed by atoms with Crippen molar-refractivity contribution in [1.82, 2.24) is 5.32 Å². The third-order valence-electron chi connectivity index (χ3n) is 5.35. The molecule has 4 rings (SSSR count). The van der Waals surface area contributed by atoms with E-state index in [0.717, 1.165) is 24.1 Å². The number of rotatable bonds is 7. The number of benzene rings is 3. The summed E-state index contributed by atoms with van der Waals surface area (Å²) in [5.41, 5.74) is 2.73. The van der Waals surface area contributed by atoms with Gasteiger partial charge in [-0.1, -0.05) is 12.1 Å². The first-order valence-electron chi connectivity index (χ1n) is 10.4. The maximum Gasteiger partial charge on any atom is 0.226 e. The van der Waals surface area contributed by atoms with E-state index in [1.165, 1.54) is 12.1 Å². The summed E-state index contributed by atoms with van der Waals surface area (Å²) >= 11 is 0. The Morgan fingerprint density at radius 1 is 1.03 bits per heavy atom. The van der Waals surface area contributed by atoms with Crippen molar-refractivity contribution >= 4 is 11.6 Å². The Morgan fingerprint density at radius 2 is 1.84 bits per heavy atom. The molecule has 1 atom stereocenters. The number of amides is 1. The van der Waals surface area contributed by atoms with Gasteiger partial charge in [0.2, 0.25) is 5.91 Å². The molecule has 0 radical (unpaired) electrons. The van der Waals surface area contributed by atoms with Crippen LogP contribution in [-0.4, -0.2) is 26.7 Å². The molecule has 6 nitrogen and oxygen atoms in total. The standard InChI is InChI=1S/C25H25FN2O4/c1-30-19-7-4-6-18(13-19)28-25(29)15-22-21-14-24(32-20-8-3-5-17(26)12-20)23(31-2)11-16(21)9-10-27-22/h3-8,11-14,22,27H,9-10,15H2,1-2H3,(H,28,29). The van der Waals surface area contributed by atoms with Gasteiger partial charge in [0.25, 0.3) is 0 Å². The highest BCUT2D eigenvalue weighted by molar-refractivity contribution is 5.91. The first-order valence-corrected chi connectivity index (χ1v) is 10.4. The predicted octanol–water partition coefficient (Wildman–Crippen LogP) is 4.85. The van der Waals surface area contributed by atoms with Crippen LogP contribution < -0.4 is 24.8 Å². The molecule has 1 unspecified atom stereocenters. The van der Waals surface area contributed by atoms with Gasteiger partial charge in [-0.2, -0.15) is 0 Å². The van der Waals surface area contributed by atoms with Crippen LogP contribution in [0.15, 0.2) is 60.7 Å². The van der Waals surface area contributed by atoms with Crippen molar-refractivity contribution in [1.29, 1.82) is 0 Å². The Bertz CT molecular complexity index is 1120. The number of ether oxygens (including phenoxy) is 3. The lowest BCUT2D eigenvalue weighted by atomic mass is 9.91. The van der Waals surface area contributed by atoms with Crippen molar-refractivity contribution in [2.45, 2.75) is 18.9 Å². The molecule has 166 valence electrons. The summed E-state index contributed by atoms with van der Waals surface area (Å²) in [6, 6.07) is 16.8. The number of halogens is 1. The highest BCUT2D eigenvalue weighted by Crippen LogP contribution is 2.38. The first kappa shape index (κ1) is 21.6. The monoisotopic (exact) mass is 436 g/mol.